The molecular weight excluding hydrogens is 415 g/mol. The molecule has 0 bridgehead atoms. The van der Waals surface area contributed by atoms with Gasteiger partial charge in [-0.3, -0.25) is 9.59 Å². The normalized spacial score (nSPS) is 13.6. The zero-order valence-electron chi connectivity index (χ0n) is 18.7. The summed E-state index contributed by atoms with van der Waals surface area (Å²) in [6.45, 7) is 0.857. The second-order valence-corrected chi connectivity index (χ2v) is 8.64. The van der Waals surface area contributed by atoms with Crippen molar-refractivity contribution in [3.63, 3.8) is 0 Å². The van der Waals surface area contributed by atoms with Gasteiger partial charge in [0.1, 0.15) is 5.82 Å². The van der Waals surface area contributed by atoms with Crippen LogP contribution < -0.4 is 10.2 Å². The van der Waals surface area contributed by atoms with Crippen LogP contribution in [0, 0.1) is 11.7 Å². The van der Waals surface area contributed by atoms with E-state index in [-0.39, 0.29) is 30.0 Å². The molecule has 0 spiro atoms. The van der Waals surface area contributed by atoms with Crippen LogP contribution >= 0.6 is 0 Å². The summed E-state index contributed by atoms with van der Waals surface area (Å²) in [6, 6.07) is 23.7. The highest BCUT2D eigenvalue weighted by Crippen LogP contribution is 2.30. The molecule has 4 nitrogen and oxygen atoms in total. The first-order valence-corrected chi connectivity index (χ1v) is 11.5. The molecule has 5 heteroatoms. The van der Waals surface area contributed by atoms with E-state index in [1.165, 1.54) is 12.1 Å². The van der Waals surface area contributed by atoms with E-state index in [1.807, 2.05) is 54.6 Å². The van der Waals surface area contributed by atoms with Gasteiger partial charge in [0, 0.05) is 18.2 Å². The molecule has 0 aromatic heterocycles. The zero-order chi connectivity index (χ0) is 23.0. The van der Waals surface area contributed by atoms with Crippen LogP contribution in [0.1, 0.15) is 42.4 Å². The highest BCUT2D eigenvalue weighted by Gasteiger charge is 2.28. The van der Waals surface area contributed by atoms with Gasteiger partial charge in [0.15, 0.2) is 0 Å². The molecule has 0 unspecified atom stereocenters. The Kier molecular flexibility index (Phi) is 7.51. The molecule has 3 aromatic carbocycles. The van der Waals surface area contributed by atoms with Crippen LogP contribution in [-0.4, -0.2) is 11.8 Å². The predicted octanol–water partition coefficient (Wildman–Crippen LogP) is 5.41. The molecule has 0 atom stereocenters. The van der Waals surface area contributed by atoms with Crippen molar-refractivity contribution in [3.8, 4) is 0 Å². The number of benzene rings is 3. The van der Waals surface area contributed by atoms with E-state index in [0.29, 0.717) is 13.1 Å². The molecule has 0 aliphatic heterocycles. The average molecular weight is 445 g/mol. The molecule has 1 N–H and O–H groups in total. The maximum atomic E-state index is 13.4. The van der Waals surface area contributed by atoms with Gasteiger partial charge < -0.3 is 10.2 Å². The highest BCUT2D eigenvalue weighted by molar-refractivity contribution is 5.95. The number of rotatable bonds is 8. The summed E-state index contributed by atoms with van der Waals surface area (Å²) in [5.41, 5.74) is 3.53. The third kappa shape index (κ3) is 6.28. The van der Waals surface area contributed by atoms with Gasteiger partial charge in [-0.05, 0) is 53.8 Å². The quantitative estimate of drug-likeness (QED) is 0.505. The summed E-state index contributed by atoms with van der Waals surface area (Å²) in [5.74, 6) is -0.245. The van der Waals surface area contributed by atoms with Crippen molar-refractivity contribution in [2.24, 2.45) is 5.92 Å². The minimum Gasteiger partial charge on any atom is -0.352 e. The van der Waals surface area contributed by atoms with Crippen molar-refractivity contribution >= 4 is 17.5 Å². The fourth-order valence-corrected chi connectivity index (χ4v) is 4.34. The fraction of sp³-hybridized carbons (Fsp3) is 0.286. The fourth-order valence-electron chi connectivity index (χ4n) is 4.34. The van der Waals surface area contributed by atoms with Crippen LogP contribution in [0.3, 0.4) is 0 Å². The Morgan fingerprint density at radius 2 is 1.55 bits per heavy atom. The molecule has 0 radical (unpaired) electrons. The maximum absolute atomic E-state index is 13.4. The van der Waals surface area contributed by atoms with Crippen molar-refractivity contribution in [1.29, 1.82) is 0 Å². The number of nitrogens with zero attached hydrogens (tertiary/aromatic N) is 1. The average Bonchev–Trinajstić information content (AvgIpc) is 3.38. The lowest BCUT2D eigenvalue weighted by Gasteiger charge is -2.26. The number of halogens is 1. The number of hydrogen-bond donors (Lipinski definition) is 1. The van der Waals surface area contributed by atoms with Crippen LogP contribution in [0.25, 0.3) is 0 Å². The summed E-state index contributed by atoms with van der Waals surface area (Å²) in [7, 11) is 0. The van der Waals surface area contributed by atoms with Crippen molar-refractivity contribution in [2.45, 2.75) is 45.2 Å². The Morgan fingerprint density at radius 3 is 2.27 bits per heavy atom. The second kappa shape index (κ2) is 10.9. The largest absolute Gasteiger partial charge is 0.352 e. The first-order chi connectivity index (χ1) is 16.1. The van der Waals surface area contributed by atoms with E-state index in [9.17, 15) is 14.0 Å². The van der Waals surface area contributed by atoms with Crippen LogP contribution in [0.4, 0.5) is 10.1 Å². The number of carbonyl (C=O) groups is 2. The molecule has 2 amide bonds. The molecule has 1 fully saturated rings. The standard InChI is InChI=1S/C28H29FN2O2/c29-25-15-13-22(14-16-25)20-31(28(33)24-10-4-5-11-24)26-12-6-9-23(17-26)18-27(32)30-19-21-7-2-1-3-8-21/h1-3,6-9,12-17,24H,4-5,10-11,18-20H2,(H,30,32). The van der Waals surface area contributed by atoms with E-state index >= 15 is 0 Å². The Bertz CT molecular complexity index is 1080. The predicted molar refractivity (Wildman–Crippen MR) is 128 cm³/mol. The third-order valence-electron chi connectivity index (χ3n) is 6.14. The molecule has 170 valence electrons. The summed E-state index contributed by atoms with van der Waals surface area (Å²) < 4.78 is 13.4. The number of carbonyl (C=O) groups excluding carboxylic acids is 2. The van der Waals surface area contributed by atoms with E-state index < -0.39 is 0 Å². The van der Waals surface area contributed by atoms with Gasteiger partial charge in [-0.15, -0.1) is 0 Å². The van der Waals surface area contributed by atoms with Gasteiger partial charge in [-0.2, -0.15) is 0 Å². The van der Waals surface area contributed by atoms with Gasteiger partial charge in [-0.25, -0.2) is 4.39 Å². The Hall–Kier alpha value is -3.47. The van der Waals surface area contributed by atoms with Crippen molar-refractivity contribution in [1.82, 2.24) is 5.32 Å². The Labute approximate surface area is 194 Å². The highest BCUT2D eigenvalue weighted by atomic mass is 19.1. The van der Waals surface area contributed by atoms with Crippen LogP contribution in [0.15, 0.2) is 78.9 Å². The summed E-state index contributed by atoms with van der Waals surface area (Å²) in [4.78, 5) is 27.7. The first-order valence-electron chi connectivity index (χ1n) is 11.5. The van der Waals surface area contributed by atoms with E-state index in [4.69, 9.17) is 0 Å². The third-order valence-corrected chi connectivity index (χ3v) is 6.14. The van der Waals surface area contributed by atoms with Crippen molar-refractivity contribution in [3.05, 3.63) is 101 Å². The van der Waals surface area contributed by atoms with Gasteiger partial charge in [0.25, 0.3) is 0 Å². The zero-order valence-corrected chi connectivity index (χ0v) is 18.7. The number of nitrogens with one attached hydrogen (secondary N) is 1. The molecule has 1 saturated carbocycles. The van der Waals surface area contributed by atoms with Crippen LogP contribution in [-0.2, 0) is 29.1 Å². The monoisotopic (exact) mass is 444 g/mol. The number of amides is 2. The van der Waals surface area contributed by atoms with Crippen LogP contribution in [0.2, 0.25) is 0 Å². The Morgan fingerprint density at radius 1 is 0.848 bits per heavy atom. The SMILES string of the molecule is O=C(Cc1cccc(N(Cc2ccc(F)cc2)C(=O)C2CCCC2)c1)NCc1ccccc1. The lowest BCUT2D eigenvalue weighted by Crippen LogP contribution is -2.35. The smallest absolute Gasteiger partial charge is 0.230 e. The summed E-state index contributed by atoms with van der Waals surface area (Å²) in [6.07, 6.45) is 4.19. The van der Waals surface area contributed by atoms with E-state index in [0.717, 1.165) is 48.1 Å². The molecule has 1 aliphatic rings. The van der Waals surface area contributed by atoms with E-state index in [2.05, 4.69) is 5.32 Å². The number of anilines is 1. The summed E-state index contributed by atoms with van der Waals surface area (Å²) >= 11 is 0. The summed E-state index contributed by atoms with van der Waals surface area (Å²) in [5, 5.41) is 2.95. The maximum Gasteiger partial charge on any atom is 0.230 e. The minimum absolute atomic E-state index is 0.0169. The molecular formula is C28H29FN2O2. The topological polar surface area (TPSA) is 49.4 Å². The molecule has 1 aliphatic carbocycles. The Balaban J connectivity index is 1.49. The molecule has 4 rings (SSSR count). The van der Waals surface area contributed by atoms with E-state index in [1.54, 1.807) is 17.0 Å². The molecule has 0 saturated heterocycles. The van der Waals surface area contributed by atoms with Gasteiger partial charge in [-0.1, -0.05) is 67.4 Å². The van der Waals surface area contributed by atoms with Crippen LogP contribution in [0.5, 0.6) is 0 Å². The lowest BCUT2D eigenvalue weighted by molar-refractivity contribution is -0.122. The molecule has 33 heavy (non-hydrogen) atoms. The number of hydrogen-bond acceptors (Lipinski definition) is 2. The first kappa shape index (κ1) is 22.7. The molecule has 0 heterocycles. The second-order valence-electron chi connectivity index (χ2n) is 8.64. The lowest BCUT2D eigenvalue weighted by atomic mass is 10.0. The van der Waals surface area contributed by atoms with Gasteiger partial charge in [0.05, 0.1) is 13.0 Å². The van der Waals surface area contributed by atoms with Crippen molar-refractivity contribution < 1.29 is 14.0 Å². The van der Waals surface area contributed by atoms with Gasteiger partial charge in [0.2, 0.25) is 11.8 Å². The van der Waals surface area contributed by atoms with Crippen molar-refractivity contribution in [2.75, 3.05) is 4.90 Å². The molecule has 3 aromatic rings. The van der Waals surface area contributed by atoms with Gasteiger partial charge >= 0.3 is 0 Å². The minimum atomic E-state index is -0.295.